The molecule has 3 nitrogen and oxygen atoms in total. The van der Waals surface area contributed by atoms with Crippen LogP contribution in [0.25, 0.3) is 6.08 Å². The molecule has 1 aromatic heterocycles. The quantitative estimate of drug-likeness (QED) is 0.766. The summed E-state index contributed by atoms with van der Waals surface area (Å²) in [6.45, 7) is 6.68. The summed E-state index contributed by atoms with van der Waals surface area (Å²) in [7, 11) is 0. The molecule has 16 heavy (non-hydrogen) atoms. The second kappa shape index (κ2) is 3.00. The Labute approximate surface area is 95.1 Å². The van der Waals surface area contributed by atoms with Crippen LogP contribution in [0, 0.1) is 6.92 Å². The lowest BCUT2D eigenvalue weighted by Gasteiger charge is -2.47. The van der Waals surface area contributed by atoms with Crippen molar-refractivity contribution in [3.8, 4) is 0 Å². The third-order valence-corrected chi connectivity index (χ3v) is 4.00. The topological polar surface area (TPSA) is 34.0 Å². The van der Waals surface area contributed by atoms with E-state index in [1.165, 1.54) is 6.42 Å². The molecule has 3 heteroatoms. The summed E-state index contributed by atoms with van der Waals surface area (Å²) in [6, 6.07) is 1.98. The van der Waals surface area contributed by atoms with E-state index in [9.17, 15) is 4.79 Å². The molecule has 0 aromatic carbocycles. The Morgan fingerprint density at radius 2 is 2.31 bits per heavy atom. The van der Waals surface area contributed by atoms with Gasteiger partial charge in [0.15, 0.2) is 0 Å². The Bertz CT molecular complexity index is 480. The molecule has 0 radical (unpaired) electrons. The summed E-state index contributed by atoms with van der Waals surface area (Å²) in [5.41, 5.74) is 3.21. The Balaban J connectivity index is 2.26. The number of carbonyl (C=O) groups is 1. The van der Waals surface area contributed by atoms with Crippen molar-refractivity contribution in [3.05, 3.63) is 29.6 Å². The monoisotopic (exact) mass is 216 g/mol. The second-order valence-electron chi connectivity index (χ2n) is 4.90. The fraction of sp³-hybridized carbons (Fsp3) is 0.462. The van der Waals surface area contributed by atoms with Crippen molar-refractivity contribution in [2.75, 3.05) is 6.54 Å². The molecule has 1 aromatic rings. The smallest absolute Gasteiger partial charge is 0.268 e. The molecule has 1 N–H and O–H groups in total. The van der Waals surface area contributed by atoms with Gasteiger partial charge in [0, 0.05) is 12.2 Å². The van der Waals surface area contributed by atoms with Gasteiger partial charge in [0.1, 0.15) is 5.69 Å². The Kier molecular flexibility index (Phi) is 1.82. The zero-order valence-electron chi connectivity index (χ0n) is 9.55. The Morgan fingerprint density at radius 3 is 2.88 bits per heavy atom. The number of fused-ring (bicyclic) bond motifs is 2. The van der Waals surface area contributed by atoms with Crippen LogP contribution in [0.5, 0.6) is 0 Å². The number of hydrogen-bond donors (Lipinski definition) is 1. The van der Waals surface area contributed by atoms with Crippen molar-refractivity contribution >= 4 is 12.0 Å². The molecular weight excluding hydrogens is 200 g/mol. The van der Waals surface area contributed by atoms with Crippen molar-refractivity contribution in [3.63, 3.8) is 0 Å². The van der Waals surface area contributed by atoms with Crippen LogP contribution in [0.2, 0.25) is 0 Å². The molecule has 1 saturated carbocycles. The van der Waals surface area contributed by atoms with Gasteiger partial charge in [-0.1, -0.05) is 6.58 Å². The Hall–Kier alpha value is -1.51. The normalized spacial score (nSPS) is 21.2. The van der Waals surface area contributed by atoms with Gasteiger partial charge in [0.05, 0.1) is 5.54 Å². The summed E-state index contributed by atoms with van der Waals surface area (Å²) in [5.74, 6) is 0.0497. The fourth-order valence-corrected chi connectivity index (χ4v) is 2.98. The molecule has 84 valence electrons. The highest BCUT2D eigenvalue weighted by molar-refractivity contribution is 5.94. The predicted octanol–water partition coefficient (Wildman–Crippen LogP) is 2.06. The van der Waals surface area contributed by atoms with Gasteiger partial charge in [0.2, 0.25) is 0 Å². The number of rotatable bonds is 1. The largest absolute Gasteiger partial charge is 0.348 e. The molecule has 0 atom stereocenters. The lowest BCUT2D eigenvalue weighted by Crippen LogP contribution is -2.55. The highest BCUT2D eigenvalue weighted by Gasteiger charge is 2.44. The van der Waals surface area contributed by atoms with E-state index in [0.29, 0.717) is 0 Å². The van der Waals surface area contributed by atoms with E-state index in [2.05, 4.69) is 16.5 Å². The SMILES string of the molecule is C=Cc1c(C)cc2n1C1(CCC1)CNC2=O. The van der Waals surface area contributed by atoms with Crippen LogP contribution in [0.3, 0.4) is 0 Å². The minimum absolute atomic E-state index is 0.0497. The first-order valence-electron chi connectivity index (χ1n) is 5.81. The second-order valence-corrected chi connectivity index (χ2v) is 4.90. The molecule has 1 fully saturated rings. The molecule has 0 unspecified atom stereocenters. The summed E-state index contributed by atoms with van der Waals surface area (Å²) in [4.78, 5) is 11.8. The number of carbonyl (C=O) groups excluding carboxylic acids is 1. The summed E-state index contributed by atoms with van der Waals surface area (Å²) in [6.07, 6.45) is 5.45. The molecule has 1 aliphatic carbocycles. The van der Waals surface area contributed by atoms with Gasteiger partial charge in [-0.2, -0.15) is 0 Å². The van der Waals surface area contributed by atoms with Gasteiger partial charge in [-0.15, -0.1) is 0 Å². The van der Waals surface area contributed by atoms with Crippen LogP contribution < -0.4 is 5.32 Å². The molecule has 3 rings (SSSR count). The molecule has 1 amide bonds. The summed E-state index contributed by atoms with van der Waals surface area (Å²) < 4.78 is 2.22. The van der Waals surface area contributed by atoms with Gasteiger partial charge in [-0.3, -0.25) is 4.79 Å². The van der Waals surface area contributed by atoms with Crippen LogP contribution in [-0.2, 0) is 5.54 Å². The van der Waals surface area contributed by atoms with Crippen LogP contribution >= 0.6 is 0 Å². The number of amides is 1. The molecule has 0 bridgehead atoms. The minimum Gasteiger partial charge on any atom is -0.348 e. The first-order valence-corrected chi connectivity index (χ1v) is 5.81. The van der Waals surface area contributed by atoms with Crippen molar-refractivity contribution in [2.45, 2.75) is 31.7 Å². The summed E-state index contributed by atoms with van der Waals surface area (Å²) in [5, 5.41) is 3.00. The highest BCUT2D eigenvalue weighted by Crippen LogP contribution is 2.43. The standard InChI is InChI=1S/C13H16N2O/c1-3-10-9(2)7-11-12(16)14-8-13(15(10)11)5-4-6-13/h3,7H,1,4-6,8H2,2H3,(H,14,16). The van der Waals surface area contributed by atoms with Crippen LogP contribution in [0.1, 0.15) is 41.0 Å². The maximum atomic E-state index is 11.8. The zero-order chi connectivity index (χ0) is 11.3. The van der Waals surface area contributed by atoms with Gasteiger partial charge in [-0.25, -0.2) is 0 Å². The number of aromatic nitrogens is 1. The Morgan fingerprint density at radius 1 is 1.56 bits per heavy atom. The van der Waals surface area contributed by atoms with Gasteiger partial charge in [0.25, 0.3) is 5.91 Å². The van der Waals surface area contributed by atoms with Crippen LogP contribution in [0.4, 0.5) is 0 Å². The van der Waals surface area contributed by atoms with Crippen molar-refractivity contribution < 1.29 is 4.79 Å². The van der Waals surface area contributed by atoms with Gasteiger partial charge in [-0.05, 0) is 43.9 Å². The first-order chi connectivity index (χ1) is 7.68. The predicted molar refractivity (Wildman–Crippen MR) is 63.4 cm³/mol. The average Bonchev–Trinajstić information content (AvgIpc) is 2.54. The molecule has 1 aliphatic heterocycles. The average molecular weight is 216 g/mol. The van der Waals surface area contributed by atoms with E-state index in [0.717, 1.165) is 36.3 Å². The van der Waals surface area contributed by atoms with E-state index >= 15 is 0 Å². The molecule has 0 saturated heterocycles. The van der Waals surface area contributed by atoms with Crippen LogP contribution in [-0.4, -0.2) is 17.0 Å². The van der Waals surface area contributed by atoms with Crippen LogP contribution in [0.15, 0.2) is 12.6 Å². The van der Waals surface area contributed by atoms with Crippen molar-refractivity contribution in [1.29, 1.82) is 0 Å². The first kappa shape index (κ1) is 9.70. The third kappa shape index (κ3) is 1.01. The molecular formula is C13H16N2O. The zero-order valence-corrected chi connectivity index (χ0v) is 9.55. The molecule has 2 aliphatic rings. The minimum atomic E-state index is 0.0497. The molecule has 1 spiro atoms. The molecule has 2 heterocycles. The van der Waals surface area contributed by atoms with Crippen molar-refractivity contribution in [1.82, 2.24) is 9.88 Å². The number of hydrogen-bond acceptors (Lipinski definition) is 1. The summed E-state index contributed by atoms with van der Waals surface area (Å²) >= 11 is 0. The van der Waals surface area contributed by atoms with E-state index < -0.39 is 0 Å². The van der Waals surface area contributed by atoms with Crippen molar-refractivity contribution in [2.24, 2.45) is 0 Å². The van der Waals surface area contributed by atoms with E-state index in [4.69, 9.17) is 0 Å². The lowest BCUT2D eigenvalue weighted by molar-refractivity contribution is 0.0746. The maximum Gasteiger partial charge on any atom is 0.268 e. The fourth-order valence-electron chi connectivity index (χ4n) is 2.98. The van der Waals surface area contributed by atoms with Gasteiger partial charge >= 0.3 is 0 Å². The number of nitrogens with one attached hydrogen (secondary N) is 1. The maximum absolute atomic E-state index is 11.8. The lowest BCUT2D eigenvalue weighted by atomic mass is 9.75. The van der Waals surface area contributed by atoms with E-state index in [1.807, 2.05) is 19.1 Å². The van der Waals surface area contributed by atoms with E-state index in [1.54, 1.807) is 0 Å². The van der Waals surface area contributed by atoms with E-state index in [-0.39, 0.29) is 11.4 Å². The van der Waals surface area contributed by atoms with Gasteiger partial charge < -0.3 is 9.88 Å². The number of aryl methyl sites for hydroxylation is 1. The number of nitrogens with zero attached hydrogens (tertiary/aromatic N) is 1. The highest BCUT2D eigenvalue weighted by atomic mass is 16.2. The third-order valence-electron chi connectivity index (χ3n) is 4.00.